The van der Waals surface area contributed by atoms with Crippen molar-refractivity contribution in [3.05, 3.63) is 34.5 Å². The van der Waals surface area contributed by atoms with E-state index in [1.807, 2.05) is 13.0 Å². The average molecular weight is 376 g/mol. The van der Waals surface area contributed by atoms with Gasteiger partial charge in [0.25, 0.3) is 0 Å². The number of carbonyl (C=O) groups is 1. The molecule has 140 valence electrons. The van der Waals surface area contributed by atoms with Gasteiger partial charge < -0.3 is 15.0 Å². The van der Waals surface area contributed by atoms with Gasteiger partial charge in [0, 0.05) is 12.1 Å². The largest absolute Gasteiger partial charge is 0.465 e. The molecule has 26 heavy (non-hydrogen) atoms. The number of aromatic amines is 1. The van der Waals surface area contributed by atoms with Crippen molar-refractivity contribution < 1.29 is 9.53 Å². The van der Waals surface area contributed by atoms with Crippen molar-refractivity contribution in [3.63, 3.8) is 0 Å². The molecule has 1 fully saturated rings. The van der Waals surface area contributed by atoms with E-state index >= 15 is 0 Å². The van der Waals surface area contributed by atoms with Gasteiger partial charge in [-0.25, -0.2) is 9.78 Å². The first-order valence-corrected chi connectivity index (χ1v) is 9.23. The second-order valence-electron chi connectivity index (χ2n) is 7.17. The summed E-state index contributed by atoms with van der Waals surface area (Å²) in [5, 5.41) is 3.42. The number of nitrogens with one attached hydrogen (secondary N) is 2. The van der Waals surface area contributed by atoms with Gasteiger partial charge in [-0.2, -0.15) is 0 Å². The van der Waals surface area contributed by atoms with Crippen molar-refractivity contribution in [3.8, 4) is 11.4 Å². The molecule has 0 atom stereocenters. The van der Waals surface area contributed by atoms with Crippen LogP contribution in [-0.4, -0.2) is 29.6 Å². The van der Waals surface area contributed by atoms with E-state index in [0.717, 1.165) is 35.7 Å². The first-order valence-electron chi connectivity index (χ1n) is 9.23. The number of carbonyl (C=O) groups excluding carboxylic acids is 1. The number of fused-ring (bicyclic) bond motifs is 1. The summed E-state index contributed by atoms with van der Waals surface area (Å²) in [6.07, 6.45) is 7.05. The number of nitrogens with zero attached hydrogens (tertiary/aromatic N) is 1. The third-order valence-electron chi connectivity index (χ3n) is 5.53. The highest BCUT2D eigenvalue weighted by Crippen LogP contribution is 2.42. The third-order valence-corrected chi connectivity index (χ3v) is 5.53. The first kappa shape index (κ1) is 18.8. The molecule has 2 heterocycles. The normalized spacial score (nSPS) is 16.5. The van der Waals surface area contributed by atoms with Crippen LogP contribution in [-0.2, 0) is 11.2 Å². The van der Waals surface area contributed by atoms with Crippen LogP contribution in [0.5, 0.6) is 0 Å². The number of hydrogen-bond donors (Lipinski definition) is 2. The number of H-pyrrole nitrogens is 1. The van der Waals surface area contributed by atoms with Crippen LogP contribution in [0.2, 0.25) is 0 Å². The number of hydrogen-bond acceptors (Lipinski definition) is 4. The molecule has 1 aliphatic carbocycles. The maximum absolute atomic E-state index is 12.2. The zero-order valence-electron chi connectivity index (χ0n) is 15.4. The van der Waals surface area contributed by atoms with Gasteiger partial charge >= 0.3 is 5.97 Å². The Hall–Kier alpha value is -2.01. The topological polar surface area (TPSA) is 67.0 Å². The number of aryl methyl sites for hydroxylation is 2. The molecular weight excluding hydrogens is 350 g/mol. The van der Waals surface area contributed by atoms with E-state index < -0.39 is 0 Å². The molecule has 1 aromatic heterocycles. The highest BCUT2D eigenvalue weighted by molar-refractivity contribution is 5.93. The van der Waals surface area contributed by atoms with E-state index in [0.29, 0.717) is 11.5 Å². The Balaban J connectivity index is 0.00000196. The fourth-order valence-electron chi connectivity index (χ4n) is 3.82. The van der Waals surface area contributed by atoms with Crippen molar-refractivity contribution in [1.82, 2.24) is 9.97 Å². The monoisotopic (exact) mass is 375 g/mol. The van der Waals surface area contributed by atoms with Gasteiger partial charge in [-0.3, -0.25) is 0 Å². The summed E-state index contributed by atoms with van der Waals surface area (Å²) in [5.74, 6) is 2.11. The Labute approximate surface area is 160 Å². The molecular formula is C20H26ClN3O2. The molecule has 1 saturated carbocycles. The van der Waals surface area contributed by atoms with Crippen molar-refractivity contribution in [1.29, 1.82) is 0 Å². The van der Waals surface area contributed by atoms with Crippen molar-refractivity contribution in [2.75, 3.05) is 19.0 Å². The zero-order valence-corrected chi connectivity index (χ0v) is 16.2. The Kier molecular flexibility index (Phi) is 5.56. The van der Waals surface area contributed by atoms with Gasteiger partial charge in [0.15, 0.2) is 0 Å². The van der Waals surface area contributed by atoms with E-state index in [2.05, 4.69) is 16.4 Å². The molecule has 2 aliphatic rings. The molecule has 2 N–H and O–H groups in total. The second kappa shape index (κ2) is 7.70. The maximum atomic E-state index is 12.2. The highest BCUT2D eigenvalue weighted by Gasteiger charge is 2.26. The number of methoxy groups -OCH3 is 1. The minimum Gasteiger partial charge on any atom is -0.465 e. The highest BCUT2D eigenvalue weighted by atomic mass is 35.5. The van der Waals surface area contributed by atoms with E-state index in [4.69, 9.17) is 9.72 Å². The minimum absolute atomic E-state index is 0. The van der Waals surface area contributed by atoms with E-state index in [9.17, 15) is 4.79 Å². The number of ether oxygens (including phenoxy) is 1. The molecule has 1 aliphatic heterocycles. The summed E-state index contributed by atoms with van der Waals surface area (Å²) >= 11 is 0. The summed E-state index contributed by atoms with van der Waals surface area (Å²) in [5.41, 5.74) is 5.13. The van der Waals surface area contributed by atoms with Crippen LogP contribution in [0.1, 0.15) is 65.2 Å². The summed E-state index contributed by atoms with van der Waals surface area (Å²) in [6.45, 7) is 2.95. The Morgan fingerprint density at radius 1 is 1.23 bits per heavy atom. The molecule has 1 aromatic carbocycles. The van der Waals surface area contributed by atoms with Crippen LogP contribution in [0.4, 0.5) is 5.82 Å². The molecule has 6 heteroatoms. The first-order chi connectivity index (χ1) is 12.2. The summed E-state index contributed by atoms with van der Waals surface area (Å²) < 4.78 is 4.96. The lowest BCUT2D eigenvalue weighted by molar-refractivity contribution is 0.0600. The Morgan fingerprint density at radius 2 is 2.04 bits per heavy atom. The quantitative estimate of drug-likeness (QED) is 0.769. The number of imidazole rings is 1. The van der Waals surface area contributed by atoms with E-state index in [1.165, 1.54) is 50.5 Å². The van der Waals surface area contributed by atoms with E-state index in [1.54, 1.807) is 0 Å². The standard InChI is InChI=1S/C20H25N3O2.ClH/c1-12-10-15(13-6-5-7-13)16(11-14(12)20(24)25-2)18-22-17-8-3-4-9-21-19(17)23-18;/h10-11,13,21H,3-9H2,1-2H3,(H,22,23);1H. The predicted octanol–water partition coefficient (Wildman–Crippen LogP) is 4.61. The lowest BCUT2D eigenvalue weighted by atomic mass is 9.77. The Bertz CT molecular complexity index is 788. The molecule has 0 amide bonds. The SMILES string of the molecule is COC(=O)c1cc(-c2nc3c([nH]2)CCCCN3)c(C2CCC2)cc1C.Cl. The van der Waals surface area contributed by atoms with Crippen LogP contribution in [0, 0.1) is 6.92 Å². The molecule has 0 unspecified atom stereocenters. The van der Waals surface area contributed by atoms with Crippen LogP contribution in [0.25, 0.3) is 11.4 Å². The summed E-state index contributed by atoms with van der Waals surface area (Å²) in [6, 6.07) is 4.12. The molecule has 2 aromatic rings. The van der Waals surface area contributed by atoms with Crippen LogP contribution < -0.4 is 5.32 Å². The van der Waals surface area contributed by atoms with Crippen LogP contribution in [0.15, 0.2) is 12.1 Å². The average Bonchev–Trinajstić information content (AvgIpc) is 2.83. The van der Waals surface area contributed by atoms with Crippen molar-refractivity contribution in [2.45, 2.75) is 51.4 Å². The van der Waals surface area contributed by atoms with Crippen LogP contribution >= 0.6 is 12.4 Å². The summed E-state index contributed by atoms with van der Waals surface area (Å²) in [7, 11) is 1.43. The van der Waals surface area contributed by atoms with Gasteiger partial charge in [0.05, 0.1) is 18.4 Å². The lowest BCUT2D eigenvalue weighted by Crippen LogP contribution is -2.13. The third kappa shape index (κ3) is 3.32. The minimum atomic E-state index is -0.287. The predicted molar refractivity (Wildman–Crippen MR) is 105 cm³/mol. The Morgan fingerprint density at radius 3 is 2.73 bits per heavy atom. The number of halogens is 1. The lowest BCUT2D eigenvalue weighted by Gasteiger charge is -2.28. The van der Waals surface area contributed by atoms with Gasteiger partial charge in [0.1, 0.15) is 11.6 Å². The molecule has 0 saturated heterocycles. The molecule has 0 spiro atoms. The van der Waals surface area contributed by atoms with Gasteiger partial charge in [-0.1, -0.05) is 12.5 Å². The number of esters is 1. The number of anilines is 1. The van der Waals surface area contributed by atoms with Gasteiger partial charge in [0.2, 0.25) is 0 Å². The van der Waals surface area contributed by atoms with Crippen molar-refractivity contribution in [2.24, 2.45) is 0 Å². The number of benzene rings is 1. The molecule has 0 radical (unpaired) electrons. The molecule has 0 bridgehead atoms. The zero-order chi connectivity index (χ0) is 17.4. The number of aromatic nitrogens is 2. The summed E-state index contributed by atoms with van der Waals surface area (Å²) in [4.78, 5) is 20.5. The fraction of sp³-hybridized carbons (Fsp3) is 0.500. The molecule has 5 nitrogen and oxygen atoms in total. The van der Waals surface area contributed by atoms with Crippen molar-refractivity contribution >= 4 is 24.2 Å². The number of rotatable bonds is 3. The van der Waals surface area contributed by atoms with Gasteiger partial charge in [-0.15, -0.1) is 12.4 Å². The van der Waals surface area contributed by atoms with E-state index in [-0.39, 0.29) is 18.4 Å². The van der Waals surface area contributed by atoms with Gasteiger partial charge in [-0.05, 0) is 62.1 Å². The maximum Gasteiger partial charge on any atom is 0.338 e. The van der Waals surface area contributed by atoms with Crippen LogP contribution in [0.3, 0.4) is 0 Å². The fourth-order valence-corrected chi connectivity index (χ4v) is 3.82. The second-order valence-corrected chi connectivity index (χ2v) is 7.17. The smallest absolute Gasteiger partial charge is 0.338 e. The molecule has 4 rings (SSSR count).